The van der Waals surface area contributed by atoms with Gasteiger partial charge in [-0.25, -0.2) is 4.79 Å². The fourth-order valence-electron chi connectivity index (χ4n) is 6.76. The number of methoxy groups -OCH3 is 1. The van der Waals surface area contributed by atoms with E-state index in [-0.39, 0.29) is 30.7 Å². The van der Waals surface area contributed by atoms with Crippen LogP contribution >= 0.6 is 0 Å². The molecule has 0 aromatic heterocycles. The first kappa shape index (κ1) is 23.6. The quantitative estimate of drug-likeness (QED) is 0.502. The fraction of sp³-hybridized carbons (Fsp3) is 0.355. The average molecular weight is 495 g/mol. The van der Waals surface area contributed by atoms with E-state index in [0.717, 1.165) is 19.3 Å². The van der Waals surface area contributed by atoms with Gasteiger partial charge in [-0.2, -0.15) is 5.26 Å². The van der Waals surface area contributed by atoms with Gasteiger partial charge in [0.1, 0.15) is 12.4 Å². The minimum absolute atomic E-state index is 0.0101. The normalized spacial score (nSPS) is 24.1. The molecule has 37 heavy (non-hydrogen) atoms. The zero-order valence-corrected chi connectivity index (χ0v) is 20.9. The molecule has 2 unspecified atom stereocenters. The maximum absolute atomic E-state index is 13.5. The molecule has 0 radical (unpaired) electrons. The van der Waals surface area contributed by atoms with Crippen molar-refractivity contribution < 1.29 is 19.4 Å². The van der Waals surface area contributed by atoms with Crippen LogP contribution in [0.15, 0.2) is 66.7 Å². The van der Waals surface area contributed by atoms with E-state index in [1.165, 1.54) is 22.3 Å². The Morgan fingerprint density at radius 2 is 1.65 bits per heavy atom. The van der Waals surface area contributed by atoms with Gasteiger partial charge >= 0.3 is 6.09 Å². The van der Waals surface area contributed by atoms with Gasteiger partial charge in [0.05, 0.1) is 24.3 Å². The summed E-state index contributed by atoms with van der Waals surface area (Å²) in [6.07, 6.45) is 3.09. The topological polar surface area (TPSA) is 82.8 Å². The van der Waals surface area contributed by atoms with Gasteiger partial charge in [-0.05, 0) is 59.7 Å². The van der Waals surface area contributed by atoms with Crippen molar-refractivity contribution in [2.45, 2.75) is 55.7 Å². The molecule has 1 aliphatic carbocycles. The molecule has 6 rings (SSSR count). The SMILES string of the molecule is COc1ccc(C#N)cc1C1(O)CC2CCCC(C1)N2C(=O)OCC1c2ccccc2-c2ccccc21. The molecule has 6 heteroatoms. The lowest BCUT2D eigenvalue weighted by Crippen LogP contribution is -2.59. The van der Waals surface area contributed by atoms with Crippen LogP contribution in [-0.2, 0) is 10.3 Å². The van der Waals surface area contributed by atoms with Gasteiger partial charge in [-0.3, -0.25) is 0 Å². The van der Waals surface area contributed by atoms with Crippen molar-refractivity contribution >= 4 is 6.09 Å². The van der Waals surface area contributed by atoms with E-state index in [0.29, 0.717) is 29.7 Å². The van der Waals surface area contributed by atoms with Crippen LogP contribution in [0.2, 0.25) is 0 Å². The summed E-state index contributed by atoms with van der Waals surface area (Å²) in [5, 5.41) is 21.2. The average Bonchev–Trinajstić information content (AvgIpc) is 3.24. The van der Waals surface area contributed by atoms with Gasteiger partial charge in [0, 0.05) is 36.4 Å². The first-order valence-electron chi connectivity index (χ1n) is 13.0. The molecule has 2 atom stereocenters. The third-order valence-corrected chi connectivity index (χ3v) is 8.38. The highest BCUT2D eigenvalue weighted by Crippen LogP contribution is 2.48. The Bertz CT molecular complexity index is 1330. The molecule has 0 saturated carbocycles. The number of amides is 1. The highest BCUT2D eigenvalue weighted by molar-refractivity contribution is 5.79. The summed E-state index contributed by atoms with van der Waals surface area (Å²) in [4.78, 5) is 15.4. The van der Waals surface area contributed by atoms with Crippen molar-refractivity contribution in [1.29, 1.82) is 5.26 Å². The number of benzene rings is 3. The molecule has 1 N–H and O–H groups in total. The second-order valence-electron chi connectivity index (χ2n) is 10.4. The Morgan fingerprint density at radius 3 is 2.24 bits per heavy atom. The summed E-state index contributed by atoms with van der Waals surface area (Å²) >= 11 is 0. The molecule has 3 aliphatic rings. The summed E-state index contributed by atoms with van der Waals surface area (Å²) < 4.78 is 11.5. The Labute approximate surface area is 217 Å². The van der Waals surface area contributed by atoms with Crippen molar-refractivity contribution in [3.8, 4) is 22.9 Å². The second-order valence-corrected chi connectivity index (χ2v) is 10.4. The number of aliphatic hydroxyl groups is 1. The monoisotopic (exact) mass is 494 g/mol. The number of ether oxygens (including phenoxy) is 2. The Morgan fingerprint density at radius 1 is 1.03 bits per heavy atom. The van der Waals surface area contributed by atoms with Crippen molar-refractivity contribution in [1.82, 2.24) is 4.90 Å². The number of nitriles is 1. The molecular weight excluding hydrogens is 464 g/mol. The van der Waals surface area contributed by atoms with Gasteiger partial charge in [0.25, 0.3) is 0 Å². The summed E-state index contributed by atoms with van der Waals surface area (Å²) in [6.45, 7) is 0.283. The van der Waals surface area contributed by atoms with Crippen molar-refractivity contribution in [2.24, 2.45) is 0 Å². The van der Waals surface area contributed by atoms with Crippen LogP contribution in [0.5, 0.6) is 5.75 Å². The first-order valence-corrected chi connectivity index (χ1v) is 13.0. The minimum Gasteiger partial charge on any atom is -0.496 e. The van der Waals surface area contributed by atoms with Gasteiger partial charge in [0.15, 0.2) is 0 Å². The van der Waals surface area contributed by atoms with Gasteiger partial charge < -0.3 is 19.5 Å². The van der Waals surface area contributed by atoms with E-state index in [9.17, 15) is 15.2 Å². The maximum Gasteiger partial charge on any atom is 0.410 e. The maximum atomic E-state index is 13.5. The van der Waals surface area contributed by atoms with E-state index >= 15 is 0 Å². The number of hydrogen-bond acceptors (Lipinski definition) is 5. The van der Waals surface area contributed by atoms with Crippen LogP contribution in [0.25, 0.3) is 11.1 Å². The highest BCUT2D eigenvalue weighted by Gasteiger charge is 2.50. The lowest BCUT2D eigenvalue weighted by molar-refractivity contribution is -0.0899. The Hall–Kier alpha value is -3.82. The number of piperidine rings is 2. The van der Waals surface area contributed by atoms with Crippen LogP contribution in [0.4, 0.5) is 4.79 Å². The largest absolute Gasteiger partial charge is 0.496 e. The molecule has 2 heterocycles. The molecule has 0 spiro atoms. The molecule has 1 amide bonds. The van der Waals surface area contributed by atoms with Crippen molar-refractivity contribution in [3.05, 3.63) is 89.0 Å². The summed E-state index contributed by atoms with van der Waals surface area (Å²) in [7, 11) is 1.57. The van der Waals surface area contributed by atoms with Gasteiger partial charge in [0.2, 0.25) is 0 Å². The van der Waals surface area contributed by atoms with E-state index < -0.39 is 5.60 Å². The molecule has 2 bridgehead atoms. The molecule has 3 aromatic rings. The van der Waals surface area contributed by atoms with Gasteiger partial charge in [-0.15, -0.1) is 0 Å². The van der Waals surface area contributed by atoms with E-state index in [1.54, 1.807) is 25.3 Å². The standard InChI is InChI=1S/C31H30N2O4/c1-36-29-14-13-20(18-32)15-28(29)31(35)16-21-7-6-8-22(17-31)33(21)30(34)37-19-27-25-11-4-2-9-23(25)24-10-3-5-12-26(24)27/h2-5,9-15,21-22,27,35H,6-8,16-17,19H2,1H3. The molecule has 6 nitrogen and oxygen atoms in total. The Balaban J connectivity index is 1.22. The molecule has 188 valence electrons. The lowest BCUT2D eigenvalue weighted by Gasteiger charge is -2.51. The van der Waals surface area contributed by atoms with Crippen LogP contribution in [0.1, 0.15) is 60.3 Å². The highest BCUT2D eigenvalue weighted by atomic mass is 16.6. The molecule has 3 aromatic carbocycles. The lowest BCUT2D eigenvalue weighted by atomic mass is 9.72. The fourth-order valence-corrected chi connectivity index (χ4v) is 6.76. The predicted molar refractivity (Wildman–Crippen MR) is 139 cm³/mol. The van der Waals surface area contributed by atoms with Crippen LogP contribution in [-0.4, -0.2) is 41.9 Å². The summed E-state index contributed by atoms with van der Waals surface area (Å²) in [6, 6.07) is 23.7. The number of rotatable bonds is 4. The molecular formula is C31H30N2O4. The second kappa shape index (κ2) is 9.24. The number of carbonyl (C=O) groups excluding carboxylic acids is 1. The zero-order chi connectivity index (χ0) is 25.6. The number of fused-ring (bicyclic) bond motifs is 5. The van der Waals surface area contributed by atoms with Crippen LogP contribution in [0.3, 0.4) is 0 Å². The third kappa shape index (κ3) is 3.95. The molecule has 2 fully saturated rings. The zero-order valence-electron chi connectivity index (χ0n) is 20.9. The van der Waals surface area contributed by atoms with Gasteiger partial charge in [-0.1, -0.05) is 48.5 Å². The summed E-state index contributed by atoms with van der Waals surface area (Å²) in [5.74, 6) is 0.574. The third-order valence-electron chi connectivity index (χ3n) is 8.38. The van der Waals surface area contributed by atoms with Crippen molar-refractivity contribution in [3.63, 3.8) is 0 Å². The van der Waals surface area contributed by atoms with E-state index in [1.807, 2.05) is 29.2 Å². The molecule has 2 aliphatic heterocycles. The Kier molecular flexibility index (Phi) is 5.89. The number of nitrogens with zero attached hydrogens (tertiary/aromatic N) is 2. The summed E-state index contributed by atoms with van der Waals surface area (Å²) in [5.41, 5.74) is 4.71. The minimum atomic E-state index is -1.17. The smallest absolute Gasteiger partial charge is 0.410 e. The predicted octanol–water partition coefficient (Wildman–Crippen LogP) is 5.72. The molecule has 2 saturated heterocycles. The number of hydrogen-bond donors (Lipinski definition) is 1. The number of carbonyl (C=O) groups is 1. The van der Waals surface area contributed by atoms with E-state index in [2.05, 4.69) is 30.3 Å². The van der Waals surface area contributed by atoms with Crippen LogP contribution in [0, 0.1) is 11.3 Å². The first-order chi connectivity index (χ1) is 18.0. The van der Waals surface area contributed by atoms with Crippen LogP contribution < -0.4 is 4.74 Å². The van der Waals surface area contributed by atoms with Crippen molar-refractivity contribution in [2.75, 3.05) is 13.7 Å². The van der Waals surface area contributed by atoms with E-state index in [4.69, 9.17) is 9.47 Å².